The number of alkyl carbamates (subject to hydrolysis) is 1. The first-order chi connectivity index (χ1) is 16.8. The predicted octanol–water partition coefficient (Wildman–Crippen LogP) is 5.72. The molecule has 1 amide bonds. The molecule has 0 saturated heterocycles. The van der Waals surface area contributed by atoms with Crippen molar-refractivity contribution in [2.45, 2.75) is 17.9 Å². The van der Waals surface area contributed by atoms with Crippen molar-refractivity contribution in [3.63, 3.8) is 0 Å². The molecule has 0 aliphatic heterocycles. The number of rotatable bonds is 7. The number of hydrogen-bond donors (Lipinski definition) is 2. The first kappa shape index (κ1) is 21.9. The van der Waals surface area contributed by atoms with E-state index in [0.717, 1.165) is 11.1 Å². The van der Waals surface area contributed by atoms with Crippen LogP contribution in [-0.2, 0) is 4.74 Å². The Balaban J connectivity index is 1.33. The number of carbonyl (C=O) groups excluding carboxylic acids is 1. The van der Waals surface area contributed by atoms with Gasteiger partial charge in [0.25, 0.3) is 0 Å². The maximum absolute atomic E-state index is 12.9. The Morgan fingerprint density at radius 1 is 0.735 bits per heavy atom. The van der Waals surface area contributed by atoms with Crippen LogP contribution in [0.3, 0.4) is 0 Å². The first-order valence-electron chi connectivity index (χ1n) is 11.6. The summed E-state index contributed by atoms with van der Waals surface area (Å²) in [6, 6.07) is 35.8. The molecule has 4 heteroatoms. The number of carbonyl (C=O) groups is 1. The van der Waals surface area contributed by atoms with Crippen LogP contribution < -0.4 is 5.32 Å². The summed E-state index contributed by atoms with van der Waals surface area (Å²) in [5.41, 5.74) is 6.75. The van der Waals surface area contributed by atoms with Crippen LogP contribution in [0.5, 0.6) is 0 Å². The highest BCUT2D eigenvalue weighted by Crippen LogP contribution is 2.44. The van der Waals surface area contributed by atoms with Crippen molar-refractivity contribution in [1.29, 1.82) is 0 Å². The summed E-state index contributed by atoms with van der Waals surface area (Å²) in [5, 5.41) is 13.2. The highest BCUT2D eigenvalue weighted by atomic mass is 16.5. The van der Waals surface area contributed by atoms with Crippen LogP contribution in [0.4, 0.5) is 4.79 Å². The van der Waals surface area contributed by atoms with Crippen molar-refractivity contribution >= 4 is 6.09 Å². The van der Waals surface area contributed by atoms with Crippen LogP contribution in [0, 0.1) is 0 Å². The van der Waals surface area contributed by atoms with Crippen molar-refractivity contribution < 1.29 is 14.6 Å². The van der Waals surface area contributed by atoms with E-state index in [1.54, 1.807) is 0 Å². The van der Waals surface area contributed by atoms with Gasteiger partial charge in [-0.2, -0.15) is 0 Å². The van der Waals surface area contributed by atoms with Gasteiger partial charge in [0, 0.05) is 11.8 Å². The zero-order valence-electron chi connectivity index (χ0n) is 18.8. The van der Waals surface area contributed by atoms with Gasteiger partial charge in [0.1, 0.15) is 6.61 Å². The van der Waals surface area contributed by atoms with Gasteiger partial charge >= 0.3 is 6.09 Å². The maximum atomic E-state index is 12.9. The molecule has 1 atom stereocenters. The van der Waals surface area contributed by atoms with E-state index in [9.17, 15) is 9.90 Å². The fourth-order valence-electron chi connectivity index (χ4n) is 5.00. The Kier molecular flexibility index (Phi) is 6.41. The Labute approximate surface area is 199 Å². The molecule has 0 saturated carbocycles. The van der Waals surface area contributed by atoms with Gasteiger partial charge in [0.15, 0.2) is 0 Å². The maximum Gasteiger partial charge on any atom is 0.407 e. The molecule has 0 heterocycles. The van der Waals surface area contributed by atoms with Gasteiger partial charge < -0.3 is 15.2 Å². The normalized spacial score (nSPS) is 13.2. The molecule has 0 radical (unpaired) electrons. The molecule has 4 aromatic carbocycles. The second kappa shape index (κ2) is 9.94. The van der Waals surface area contributed by atoms with Crippen molar-refractivity contribution in [2.24, 2.45) is 0 Å². The lowest BCUT2D eigenvalue weighted by molar-refractivity contribution is 0.130. The molecule has 0 spiro atoms. The number of ether oxygens (including phenoxy) is 1. The van der Waals surface area contributed by atoms with E-state index in [1.165, 1.54) is 22.3 Å². The number of amides is 1. The van der Waals surface area contributed by atoms with E-state index in [2.05, 4.69) is 29.6 Å². The molecule has 4 aromatic rings. The van der Waals surface area contributed by atoms with Gasteiger partial charge in [-0.3, -0.25) is 0 Å². The molecule has 0 bridgehead atoms. The van der Waals surface area contributed by atoms with Crippen LogP contribution in [0.25, 0.3) is 11.1 Å². The summed E-state index contributed by atoms with van der Waals surface area (Å²) < 4.78 is 5.73. The average molecular weight is 450 g/mol. The number of nitrogens with one attached hydrogen (secondary N) is 1. The Morgan fingerprint density at radius 3 is 1.71 bits per heavy atom. The summed E-state index contributed by atoms with van der Waals surface area (Å²) in [6.07, 6.45) is -0.530. The lowest BCUT2D eigenvalue weighted by Gasteiger charge is -2.27. The Morgan fingerprint density at radius 2 is 1.21 bits per heavy atom. The molecule has 2 N–H and O–H groups in total. The molecule has 34 heavy (non-hydrogen) atoms. The number of aliphatic hydroxyl groups is 1. The highest BCUT2D eigenvalue weighted by Gasteiger charge is 2.30. The van der Waals surface area contributed by atoms with E-state index in [0.29, 0.717) is 0 Å². The van der Waals surface area contributed by atoms with Gasteiger partial charge in [0.2, 0.25) is 0 Å². The quantitative estimate of drug-likeness (QED) is 0.379. The first-order valence-corrected chi connectivity index (χ1v) is 11.6. The van der Waals surface area contributed by atoms with Crippen molar-refractivity contribution in [1.82, 2.24) is 5.32 Å². The fourth-order valence-corrected chi connectivity index (χ4v) is 5.00. The van der Waals surface area contributed by atoms with Crippen LogP contribution >= 0.6 is 0 Å². The summed E-state index contributed by atoms with van der Waals surface area (Å²) >= 11 is 0. The fraction of sp³-hybridized carbons (Fsp3) is 0.167. The van der Waals surface area contributed by atoms with Crippen molar-refractivity contribution in [2.75, 3.05) is 13.2 Å². The van der Waals surface area contributed by atoms with E-state index in [4.69, 9.17) is 4.74 Å². The molecule has 170 valence electrons. The van der Waals surface area contributed by atoms with E-state index < -0.39 is 12.1 Å². The zero-order chi connectivity index (χ0) is 23.3. The molecule has 4 nitrogen and oxygen atoms in total. The lowest BCUT2D eigenvalue weighted by Crippen LogP contribution is -2.43. The topological polar surface area (TPSA) is 58.6 Å². The minimum atomic E-state index is -0.530. The van der Waals surface area contributed by atoms with Gasteiger partial charge in [-0.25, -0.2) is 4.79 Å². The van der Waals surface area contributed by atoms with E-state index in [1.807, 2.05) is 84.9 Å². The molecule has 0 fully saturated rings. The lowest BCUT2D eigenvalue weighted by atomic mass is 9.85. The molecular formula is C30H27NO3. The molecule has 5 rings (SSSR count). The second-order valence-corrected chi connectivity index (χ2v) is 8.56. The summed E-state index contributed by atoms with van der Waals surface area (Å²) in [6.45, 7) is 0.0258. The van der Waals surface area contributed by atoms with E-state index >= 15 is 0 Å². The Bertz CT molecular complexity index is 1170. The minimum absolute atomic E-state index is 0.00947. The SMILES string of the molecule is O=C(NC(CO)C(c1ccccc1)c1ccccc1)OCC1c2ccccc2-c2ccccc21. The molecule has 1 unspecified atom stereocenters. The number of hydrogen-bond acceptors (Lipinski definition) is 3. The number of benzene rings is 4. The van der Waals surface area contributed by atoms with Crippen LogP contribution in [0.1, 0.15) is 34.1 Å². The largest absolute Gasteiger partial charge is 0.449 e. The van der Waals surface area contributed by atoms with Crippen molar-refractivity contribution in [3.8, 4) is 11.1 Å². The molecule has 1 aliphatic carbocycles. The van der Waals surface area contributed by atoms with Crippen molar-refractivity contribution in [3.05, 3.63) is 131 Å². The second-order valence-electron chi connectivity index (χ2n) is 8.56. The molecule has 1 aliphatic rings. The smallest absolute Gasteiger partial charge is 0.407 e. The summed E-state index contributed by atoms with van der Waals surface area (Å²) in [5.74, 6) is -0.211. The average Bonchev–Trinajstić information content (AvgIpc) is 3.22. The van der Waals surface area contributed by atoms with Crippen LogP contribution in [0.15, 0.2) is 109 Å². The minimum Gasteiger partial charge on any atom is -0.449 e. The van der Waals surface area contributed by atoms with E-state index in [-0.39, 0.29) is 25.0 Å². The predicted molar refractivity (Wildman–Crippen MR) is 134 cm³/mol. The number of aliphatic hydroxyl groups excluding tert-OH is 1. The summed E-state index contributed by atoms with van der Waals surface area (Å²) in [4.78, 5) is 12.9. The monoisotopic (exact) mass is 449 g/mol. The highest BCUT2D eigenvalue weighted by molar-refractivity contribution is 5.79. The third kappa shape index (κ3) is 4.33. The van der Waals surface area contributed by atoms with Crippen LogP contribution in [0.2, 0.25) is 0 Å². The molecular weight excluding hydrogens is 422 g/mol. The van der Waals surface area contributed by atoms with Gasteiger partial charge in [0.05, 0.1) is 12.6 Å². The molecule has 0 aromatic heterocycles. The van der Waals surface area contributed by atoms with Gasteiger partial charge in [-0.05, 0) is 33.4 Å². The van der Waals surface area contributed by atoms with Gasteiger partial charge in [-0.15, -0.1) is 0 Å². The summed E-state index contributed by atoms with van der Waals surface area (Å²) in [7, 11) is 0. The number of fused-ring (bicyclic) bond motifs is 3. The third-order valence-corrected chi connectivity index (χ3v) is 6.56. The van der Waals surface area contributed by atoms with Gasteiger partial charge in [-0.1, -0.05) is 109 Å². The Hall–Kier alpha value is -3.89. The third-order valence-electron chi connectivity index (χ3n) is 6.56. The van der Waals surface area contributed by atoms with Crippen LogP contribution in [-0.4, -0.2) is 30.5 Å². The standard InChI is InChI=1S/C30H27NO3/c32-19-28(29(21-11-3-1-4-12-21)22-13-5-2-6-14-22)31-30(33)34-20-27-25-17-9-7-15-23(25)24-16-8-10-18-26(24)27/h1-18,27-29,32H,19-20H2,(H,31,33). The zero-order valence-corrected chi connectivity index (χ0v) is 18.8.